The van der Waals surface area contributed by atoms with Crippen LogP contribution in [0.3, 0.4) is 0 Å². The monoisotopic (exact) mass is 581 g/mol. The highest BCUT2D eigenvalue weighted by Gasteiger charge is 2.27. The van der Waals surface area contributed by atoms with Gasteiger partial charge in [-0.15, -0.1) is 11.3 Å². The molecule has 2 N–H and O–H groups in total. The topological polar surface area (TPSA) is 98.4 Å². The number of hydrogen-bond acceptors (Lipinski definition) is 6. The number of aromatic nitrogens is 2. The average molecular weight is 582 g/mol. The Bertz CT molecular complexity index is 1690. The van der Waals surface area contributed by atoms with Gasteiger partial charge in [0.2, 0.25) is 0 Å². The van der Waals surface area contributed by atoms with E-state index in [4.69, 9.17) is 4.98 Å². The lowest BCUT2D eigenvalue weighted by atomic mass is 9.97. The molecule has 2 aromatic heterocycles. The van der Waals surface area contributed by atoms with E-state index >= 15 is 0 Å². The molecule has 2 amide bonds. The van der Waals surface area contributed by atoms with Crippen molar-refractivity contribution in [2.45, 2.75) is 32.2 Å². The molecule has 1 saturated heterocycles. The number of H-pyrrole nitrogens is 1. The van der Waals surface area contributed by atoms with Gasteiger partial charge in [-0.05, 0) is 66.6 Å². The smallest absolute Gasteiger partial charge is 0.313 e. The molecule has 2 aromatic carbocycles. The van der Waals surface area contributed by atoms with E-state index in [1.54, 1.807) is 11.3 Å². The quantitative estimate of drug-likeness (QED) is 0.278. The molecule has 0 unspecified atom stereocenters. The first-order valence-corrected chi connectivity index (χ1v) is 14.2. The first-order chi connectivity index (χ1) is 19.8. The van der Waals surface area contributed by atoms with Crippen LogP contribution in [0.25, 0.3) is 21.3 Å². The maximum absolute atomic E-state index is 13.6. The molecule has 0 bridgehead atoms. The Balaban J connectivity index is 1.04. The summed E-state index contributed by atoms with van der Waals surface area (Å²) in [6.45, 7) is 2.15. The number of benzene rings is 2. The summed E-state index contributed by atoms with van der Waals surface area (Å²) in [6.07, 6.45) is 4.15. The molecule has 0 saturated carbocycles. The molecule has 3 heterocycles. The maximum atomic E-state index is 13.6. The predicted molar refractivity (Wildman–Crippen MR) is 149 cm³/mol. The van der Waals surface area contributed by atoms with E-state index in [0.717, 1.165) is 53.6 Å². The Morgan fingerprint density at radius 2 is 1.63 bits per heavy atom. The normalized spacial score (nSPS) is 15.6. The van der Waals surface area contributed by atoms with Crippen LogP contribution >= 0.6 is 11.3 Å². The van der Waals surface area contributed by atoms with Gasteiger partial charge in [-0.2, -0.15) is 0 Å². The number of nitrogens with zero attached hydrogens (tertiary/aromatic N) is 3. The Kier molecular flexibility index (Phi) is 7.35. The highest BCUT2D eigenvalue weighted by Crippen LogP contribution is 2.33. The number of rotatable bonds is 4. The van der Waals surface area contributed by atoms with Gasteiger partial charge in [-0.25, -0.2) is 18.2 Å². The minimum atomic E-state index is -1.54. The minimum Gasteiger partial charge on any atom is -0.332 e. The van der Waals surface area contributed by atoms with Crippen LogP contribution in [0.4, 0.5) is 18.9 Å². The van der Waals surface area contributed by atoms with Crippen LogP contribution in [0, 0.1) is 17.5 Å². The fraction of sp³-hybridized carbons (Fsp3) is 0.310. The van der Waals surface area contributed by atoms with Gasteiger partial charge in [0.25, 0.3) is 5.56 Å². The lowest BCUT2D eigenvalue weighted by molar-refractivity contribution is -0.144. The molecule has 41 heavy (non-hydrogen) atoms. The summed E-state index contributed by atoms with van der Waals surface area (Å²) in [4.78, 5) is 51.5. The van der Waals surface area contributed by atoms with Crippen molar-refractivity contribution in [3.8, 4) is 11.1 Å². The molecule has 8 nitrogen and oxygen atoms in total. The number of aromatic amines is 1. The van der Waals surface area contributed by atoms with Gasteiger partial charge in [0, 0.05) is 36.7 Å². The van der Waals surface area contributed by atoms with E-state index in [-0.39, 0.29) is 11.1 Å². The number of anilines is 1. The number of nitrogens with one attached hydrogen (secondary N) is 2. The Morgan fingerprint density at radius 1 is 0.951 bits per heavy atom. The van der Waals surface area contributed by atoms with E-state index < -0.39 is 29.3 Å². The zero-order valence-electron chi connectivity index (χ0n) is 21.9. The van der Waals surface area contributed by atoms with Crippen LogP contribution in [-0.2, 0) is 29.0 Å². The third-order valence-electron chi connectivity index (χ3n) is 7.56. The molecule has 0 atom stereocenters. The fourth-order valence-corrected chi connectivity index (χ4v) is 6.68. The average Bonchev–Trinajstić information content (AvgIpc) is 3.35. The van der Waals surface area contributed by atoms with Crippen LogP contribution in [-0.4, -0.2) is 57.8 Å². The predicted octanol–water partition coefficient (Wildman–Crippen LogP) is 4.23. The summed E-state index contributed by atoms with van der Waals surface area (Å²) in [5.74, 6) is -5.02. The lowest BCUT2D eigenvalue weighted by Crippen LogP contribution is -2.51. The summed E-state index contributed by atoms with van der Waals surface area (Å²) in [6, 6.07) is 7.77. The number of carbonyl (C=O) groups is 2. The van der Waals surface area contributed by atoms with Crippen molar-refractivity contribution in [1.29, 1.82) is 0 Å². The highest BCUT2D eigenvalue weighted by atomic mass is 32.1. The number of thiophene rings is 1. The van der Waals surface area contributed by atoms with Gasteiger partial charge < -0.3 is 15.2 Å². The van der Waals surface area contributed by atoms with E-state index in [2.05, 4.69) is 15.2 Å². The number of fused-ring (bicyclic) bond motifs is 3. The van der Waals surface area contributed by atoms with Crippen molar-refractivity contribution in [2.24, 2.45) is 0 Å². The molecule has 4 aromatic rings. The number of halogens is 3. The van der Waals surface area contributed by atoms with Gasteiger partial charge in [-0.1, -0.05) is 12.1 Å². The van der Waals surface area contributed by atoms with Crippen molar-refractivity contribution in [2.75, 3.05) is 31.5 Å². The molecule has 1 aliphatic carbocycles. The molecule has 1 aliphatic heterocycles. The van der Waals surface area contributed by atoms with Crippen molar-refractivity contribution < 1.29 is 22.8 Å². The number of hydrogen-bond donors (Lipinski definition) is 2. The Labute approximate surface area is 236 Å². The second-order valence-corrected chi connectivity index (χ2v) is 11.3. The largest absolute Gasteiger partial charge is 0.332 e. The van der Waals surface area contributed by atoms with Crippen molar-refractivity contribution in [1.82, 2.24) is 19.8 Å². The summed E-state index contributed by atoms with van der Waals surface area (Å²) < 4.78 is 40.3. The first kappa shape index (κ1) is 27.2. The molecular formula is C29H26F3N5O3S. The van der Waals surface area contributed by atoms with Gasteiger partial charge >= 0.3 is 11.8 Å². The van der Waals surface area contributed by atoms with Gasteiger partial charge in [0.15, 0.2) is 17.5 Å². The van der Waals surface area contributed by atoms with E-state index in [0.29, 0.717) is 49.8 Å². The van der Waals surface area contributed by atoms with Crippen molar-refractivity contribution in [3.63, 3.8) is 0 Å². The van der Waals surface area contributed by atoms with Crippen molar-refractivity contribution >= 4 is 39.1 Å². The van der Waals surface area contributed by atoms with E-state index in [1.807, 2.05) is 0 Å². The number of aryl methyl sites for hydroxylation is 2. The molecule has 1 fully saturated rings. The number of piperazine rings is 1. The standard InChI is InChI=1S/C29H26F3N5O3S/c30-20-13-17(14-21(31)25(20)32)16-5-7-18(8-6-16)33-27(39)29(40)37-11-9-36(10-12-37)15-23-34-26(38)24-19-3-1-2-4-22(19)41-28(24)35-23/h5-8,13-14H,1-4,9-12,15H2,(H,33,39)(H,34,35,38). The van der Waals surface area contributed by atoms with Gasteiger partial charge in [-0.3, -0.25) is 19.3 Å². The highest BCUT2D eigenvalue weighted by molar-refractivity contribution is 7.18. The first-order valence-electron chi connectivity index (χ1n) is 13.4. The third kappa shape index (κ3) is 5.49. The summed E-state index contributed by atoms with van der Waals surface area (Å²) in [5.41, 5.74) is 1.93. The van der Waals surface area contributed by atoms with Crippen LogP contribution in [0.15, 0.2) is 41.2 Å². The third-order valence-corrected chi connectivity index (χ3v) is 8.75. The van der Waals surface area contributed by atoms with E-state index in [1.165, 1.54) is 34.0 Å². The van der Waals surface area contributed by atoms with Crippen LogP contribution in [0.2, 0.25) is 0 Å². The molecule has 12 heteroatoms. The van der Waals surface area contributed by atoms with Crippen LogP contribution in [0.5, 0.6) is 0 Å². The Hall–Kier alpha value is -4.03. The zero-order chi connectivity index (χ0) is 28.7. The second-order valence-electron chi connectivity index (χ2n) is 10.3. The van der Waals surface area contributed by atoms with Gasteiger partial charge in [0.1, 0.15) is 10.7 Å². The van der Waals surface area contributed by atoms with Gasteiger partial charge in [0.05, 0.1) is 11.9 Å². The van der Waals surface area contributed by atoms with Crippen molar-refractivity contribution in [3.05, 3.63) is 80.5 Å². The minimum absolute atomic E-state index is 0.0973. The summed E-state index contributed by atoms with van der Waals surface area (Å²) in [7, 11) is 0. The SMILES string of the molecule is O=C(Nc1ccc(-c2cc(F)c(F)c(F)c2)cc1)C(=O)N1CCN(Cc2nc3sc4c(c3c(=O)[nH]2)CCCC4)CC1. The Morgan fingerprint density at radius 3 is 2.34 bits per heavy atom. The molecule has 0 spiro atoms. The van der Waals surface area contributed by atoms with E-state index in [9.17, 15) is 27.6 Å². The molecular weight excluding hydrogens is 555 g/mol. The maximum Gasteiger partial charge on any atom is 0.313 e. The summed E-state index contributed by atoms with van der Waals surface area (Å²) >= 11 is 1.61. The molecule has 0 radical (unpaired) electrons. The number of carbonyl (C=O) groups excluding carboxylic acids is 2. The number of amides is 2. The second kappa shape index (κ2) is 11.1. The van der Waals surface area contributed by atoms with Crippen LogP contribution in [0.1, 0.15) is 29.1 Å². The lowest BCUT2D eigenvalue weighted by Gasteiger charge is -2.33. The summed E-state index contributed by atoms with van der Waals surface area (Å²) in [5, 5.41) is 3.27. The molecule has 6 rings (SSSR count). The fourth-order valence-electron chi connectivity index (χ4n) is 5.40. The zero-order valence-corrected chi connectivity index (χ0v) is 22.8. The molecule has 2 aliphatic rings. The van der Waals surface area contributed by atoms with Crippen LogP contribution < -0.4 is 10.9 Å². The molecule has 212 valence electrons.